The fourth-order valence-electron chi connectivity index (χ4n) is 10.6. The summed E-state index contributed by atoms with van der Waals surface area (Å²) in [6.07, 6.45) is 0. The summed E-state index contributed by atoms with van der Waals surface area (Å²) in [6.45, 7) is 0. The average molecular weight is 893 g/mol. The Bertz CT molecular complexity index is 4270. The molecule has 70 heavy (non-hydrogen) atoms. The number of fused-ring (bicyclic) bond motifs is 9. The van der Waals surface area contributed by atoms with Crippen LogP contribution in [0.4, 0.5) is 0 Å². The Morgan fingerprint density at radius 3 is 1.60 bits per heavy atom. The molecule has 5 heteroatoms. The van der Waals surface area contributed by atoms with Gasteiger partial charge in [-0.15, -0.1) is 0 Å². The van der Waals surface area contributed by atoms with Crippen molar-refractivity contribution in [1.82, 2.24) is 19.5 Å². The molecule has 5 nitrogen and oxygen atoms in total. The van der Waals surface area contributed by atoms with E-state index in [4.69, 9.17) is 19.4 Å². The molecule has 14 aromatic rings. The molecule has 0 unspecified atom stereocenters. The molecule has 0 aliphatic carbocycles. The van der Waals surface area contributed by atoms with Gasteiger partial charge in [-0.3, -0.25) is 0 Å². The van der Waals surface area contributed by atoms with E-state index in [0.29, 0.717) is 5.82 Å². The van der Waals surface area contributed by atoms with Crippen molar-refractivity contribution in [2.24, 2.45) is 0 Å². The minimum Gasteiger partial charge on any atom is -0.456 e. The highest BCUT2D eigenvalue weighted by atomic mass is 16.3. The smallest absolute Gasteiger partial charge is 0.160 e. The lowest BCUT2D eigenvalue weighted by Crippen LogP contribution is -1.97. The van der Waals surface area contributed by atoms with Crippen molar-refractivity contribution in [3.63, 3.8) is 0 Å². The van der Waals surface area contributed by atoms with Crippen LogP contribution in [0.15, 0.2) is 247 Å². The molecule has 0 bridgehead atoms. The topological polar surface area (TPSA) is 56.7 Å². The number of pyridine rings is 1. The number of hydrogen-bond acceptors (Lipinski definition) is 4. The van der Waals surface area contributed by atoms with Gasteiger partial charge in [0.25, 0.3) is 0 Å². The van der Waals surface area contributed by atoms with Crippen LogP contribution in [-0.2, 0) is 0 Å². The molecule has 0 fully saturated rings. The van der Waals surface area contributed by atoms with Crippen molar-refractivity contribution in [1.29, 1.82) is 0 Å². The molecule has 0 N–H and O–H groups in total. The maximum absolute atomic E-state index is 6.66. The van der Waals surface area contributed by atoms with Crippen molar-refractivity contribution in [2.45, 2.75) is 0 Å². The zero-order valence-electron chi connectivity index (χ0n) is 37.8. The van der Waals surface area contributed by atoms with E-state index in [-0.39, 0.29) is 0 Å². The van der Waals surface area contributed by atoms with Crippen molar-refractivity contribution in [3.05, 3.63) is 243 Å². The highest BCUT2D eigenvalue weighted by molar-refractivity contribution is 6.27. The molecule has 4 aromatic heterocycles. The fraction of sp³-hybridized carbons (Fsp3) is 0. The number of aromatic nitrogens is 4. The molecular formula is C65H40N4O. The Morgan fingerprint density at radius 1 is 0.314 bits per heavy atom. The molecule has 0 radical (unpaired) electrons. The Hall–Kier alpha value is -9.45. The lowest BCUT2D eigenvalue weighted by Gasteiger charge is -2.16. The molecule has 0 aliphatic rings. The van der Waals surface area contributed by atoms with Gasteiger partial charge in [0.2, 0.25) is 0 Å². The summed E-state index contributed by atoms with van der Waals surface area (Å²) in [6, 6.07) is 85.5. The van der Waals surface area contributed by atoms with Gasteiger partial charge in [0.05, 0.1) is 33.6 Å². The molecule has 0 saturated heterocycles. The number of hydrogen-bond donors (Lipinski definition) is 0. The predicted octanol–water partition coefficient (Wildman–Crippen LogP) is 17.2. The summed E-state index contributed by atoms with van der Waals surface area (Å²) in [5, 5.41) is 7.99. The highest BCUT2D eigenvalue weighted by Crippen LogP contribution is 2.47. The van der Waals surface area contributed by atoms with Crippen LogP contribution in [0.25, 0.3) is 139 Å². The summed E-state index contributed by atoms with van der Waals surface area (Å²) < 4.78 is 8.99. The molecule has 10 aromatic carbocycles. The van der Waals surface area contributed by atoms with Crippen LogP contribution in [0.2, 0.25) is 0 Å². The number of furan rings is 1. The second-order valence-corrected chi connectivity index (χ2v) is 17.9. The van der Waals surface area contributed by atoms with Crippen LogP contribution in [0, 0.1) is 0 Å². The van der Waals surface area contributed by atoms with Crippen LogP contribution >= 0.6 is 0 Å². The Morgan fingerprint density at radius 2 is 0.871 bits per heavy atom. The first-order valence-corrected chi connectivity index (χ1v) is 23.7. The maximum Gasteiger partial charge on any atom is 0.160 e. The lowest BCUT2D eigenvalue weighted by molar-refractivity contribution is 0.669. The number of benzene rings is 10. The van der Waals surface area contributed by atoms with Gasteiger partial charge in [0, 0.05) is 71.2 Å². The van der Waals surface area contributed by atoms with Crippen LogP contribution < -0.4 is 0 Å². The van der Waals surface area contributed by atoms with Crippen LogP contribution in [0.5, 0.6) is 0 Å². The predicted molar refractivity (Wildman–Crippen MR) is 289 cm³/mol. The largest absolute Gasteiger partial charge is 0.456 e. The van der Waals surface area contributed by atoms with Gasteiger partial charge in [0.15, 0.2) is 5.82 Å². The first-order valence-electron chi connectivity index (χ1n) is 23.7. The Kier molecular flexibility index (Phi) is 9.14. The second-order valence-electron chi connectivity index (χ2n) is 17.9. The number of nitrogens with zero attached hydrogens (tertiary/aromatic N) is 4. The van der Waals surface area contributed by atoms with Crippen molar-refractivity contribution < 1.29 is 4.42 Å². The van der Waals surface area contributed by atoms with E-state index in [1.54, 1.807) is 0 Å². The summed E-state index contributed by atoms with van der Waals surface area (Å²) in [4.78, 5) is 15.7. The van der Waals surface area contributed by atoms with E-state index in [0.717, 1.165) is 111 Å². The molecular weight excluding hydrogens is 853 g/mol. The molecule has 0 spiro atoms. The monoisotopic (exact) mass is 892 g/mol. The molecule has 0 atom stereocenters. The minimum absolute atomic E-state index is 0.672. The molecule has 0 saturated carbocycles. The van der Waals surface area contributed by atoms with E-state index in [1.807, 2.05) is 18.2 Å². The van der Waals surface area contributed by atoms with Gasteiger partial charge in [-0.05, 0) is 83.4 Å². The van der Waals surface area contributed by atoms with Crippen LogP contribution in [-0.4, -0.2) is 19.5 Å². The minimum atomic E-state index is 0.672. The first kappa shape index (κ1) is 39.7. The highest BCUT2D eigenvalue weighted by Gasteiger charge is 2.22. The van der Waals surface area contributed by atoms with E-state index in [2.05, 4.69) is 229 Å². The number of rotatable bonds is 7. The standard InChI is InChI=1S/C65H40N4O/c1-3-16-42(17-4-1)55-40-56(68-65(67-55)45-34-36-48(37-35-45)69-57-27-12-8-22-49(57)50-23-9-13-28-58(50)69)47-21-15-20-46(38-47)41-30-32-43(33-31-41)61-62-51-24-7-11-26-54(51)66-64(44-18-5-2-6-19-44)53(62)39-60-63(61)52-25-10-14-29-59(52)70-60/h1-40H. The lowest BCUT2D eigenvalue weighted by atomic mass is 9.89. The quantitative estimate of drug-likeness (QED) is 0.150. The summed E-state index contributed by atoms with van der Waals surface area (Å²) in [5.74, 6) is 0.672. The van der Waals surface area contributed by atoms with Crippen LogP contribution in [0.1, 0.15) is 0 Å². The molecule has 0 amide bonds. The fourth-order valence-corrected chi connectivity index (χ4v) is 10.6. The molecule has 14 rings (SSSR count). The molecule has 4 heterocycles. The van der Waals surface area contributed by atoms with Gasteiger partial charge < -0.3 is 8.98 Å². The zero-order valence-corrected chi connectivity index (χ0v) is 37.8. The second kappa shape index (κ2) is 16.1. The SMILES string of the molecule is c1ccc(-c2cc(-c3cccc(-c4ccc(-c5c6c(cc7c(-c8ccccc8)nc8ccccc8c57)oc5ccccc56)cc4)c3)nc(-c3ccc(-n4c5ccccc5c5ccccc54)cc3)n2)cc1. The third-order valence-electron chi connectivity index (χ3n) is 13.8. The average Bonchev–Trinajstić information content (AvgIpc) is 3.98. The third kappa shape index (κ3) is 6.51. The van der Waals surface area contributed by atoms with Crippen molar-refractivity contribution >= 4 is 65.4 Å². The van der Waals surface area contributed by atoms with Gasteiger partial charge in [-0.25, -0.2) is 15.0 Å². The first-order chi connectivity index (χ1) is 34.7. The number of para-hydroxylation sites is 4. The summed E-state index contributed by atoms with van der Waals surface area (Å²) in [7, 11) is 0. The van der Waals surface area contributed by atoms with E-state index >= 15 is 0 Å². The van der Waals surface area contributed by atoms with Gasteiger partial charge in [0.1, 0.15) is 11.2 Å². The zero-order chi connectivity index (χ0) is 46.1. The molecule has 0 aliphatic heterocycles. The van der Waals surface area contributed by atoms with E-state index in [1.165, 1.54) is 21.8 Å². The van der Waals surface area contributed by atoms with Crippen LogP contribution in [0.3, 0.4) is 0 Å². The summed E-state index contributed by atoms with van der Waals surface area (Å²) >= 11 is 0. The summed E-state index contributed by atoms with van der Waals surface area (Å²) in [5.41, 5.74) is 17.3. The normalized spacial score (nSPS) is 11.7. The third-order valence-corrected chi connectivity index (χ3v) is 13.8. The molecule has 326 valence electrons. The van der Waals surface area contributed by atoms with Gasteiger partial charge >= 0.3 is 0 Å². The van der Waals surface area contributed by atoms with Gasteiger partial charge in [-0.2, -0.15) is 0 Å². The van der Waals surface area contributed by atoms with Crippen molar-refractivity contribution in [3.8, 4) is 73.1 Å². The van der Waals surface area contributed by atoms with E-state index < -0.39 is 0 Å². The Labute approximate surface area is 403 Å². The maximum atomic E-state index is 6.66. The van der Waals surface area contributed by atoms with Crippen molar-refractivity contribution in [2.75, 3.05) is 0 Å². The van der Waals surface area contributed by atoms with Gasteiger partial charge in [-0.1, -0.05) is 176 Å². The van der Waals surface area contributed by atoms with E-state index in [9.17, 15) is 0 Å². The Balaban J connectivity index is 0.881.